The van der Waals surface area contributed by atoms with Crippen molar-refractivity contribution in [3.05, 3.63) is 59.7 Å². The molecule has 1 N–H and O–H groups in total. The molecular formula is C19H19NO5. The molecule has 0 unspecified atom stereocenters. The Kier molecular flexibility index (Phi) is 6.28. The molecule has 0 radical (unpaired) electrons. The Morgan fingerprint density at radius 2 is 1.64 bits per heavy atom. The predicted octanol–water partition coefficient (Wildman–Crippen LogP) is 2.76. The van der Waals surface area contributed by atoms with Crippen LogP contribution < -0.4 is 10.1 Å². The molecule has 6 nitrogen and oxygen atoms in total. The van der Waals surface area contributed by atoms with Gasteiger partial charge in [0.2, 0.25) is 0 Å². The van der Waals surface area contributed by atoms with Gasteiger partial charge in [0.1, 0.15) is 5.75 Å². The van der Waals surface area contributed by atoms with Crippen LogP contribution in [0.15, 0.2) is 48.5 Å². The van der Waals surface area contributed by atoms with Crippen molar-refractivity contribution in [2.45, 2.75) is 13.8 Å². The minimum absolute atomic E-state index is 0.0551. The summed E-state index contributed by atoms with van der Waals surface area (Å²) < 4.78 is 10.2. The minimum atomic E-state index is -0.634. The van der Waals surface area contributed by atoms with Gasteiger partial charge in [0.05, 0.1) is 0 Å². The molecule has 0 aliphatic carbocycles. The highest BCUT2D eigenvalue weighted by molar-refractivity contribution is 5.96. The highest BCUT2D eigenvalue weighted by Crippen LogP contribution is 2.16. The number of rotatable bonds is 7. The topological polar surface area (TPSA) is 81.7 Å². The number of aryl methyl sites for hydroxylation is 1. The minimum Gasteiger partial charge on any atom is -0.482 e. The van der Waals surface area contributed by atoms with Crippen LogP contribution in [0.3, 0.4) is 0 Å². The van der Waals surface area contributed by atoms with Gasteiger partial charge in [-0.05, 0) is 49.7 Å². The van der Waals surface area contributed by atoms with Gasteiger partial charge in [-0.3, -0.25) is 9.59 Å². The molecule has 0 heterocycles. The Labute approximate surface area is 145 Å². The summed E-state index contributed by atoms with van der Waals surface area (Å²) >= 11 is 0. The van der Waals surface area contributed by atoms with Gasteiger partial charge in [-0.2, -0.15) is 0 Å². The zero-order chi connectivity index (χ0) is 18.2. The third-order valence-electron chi connectivity index (χ3n) is 3.38. The van der Waals surface area contributed by atoms with Gasteiger partial charge in [0.25, 0.3) is 5.91 Å². The summed E-state index contributed by atoms with van der Waals surface area (Å²) in [6, 6.07) is 13.7. The first-order chi connectivity index (χ1) is 12.0. The largest absolute Gasteiger partial charge is 0.482 e. The number of nitrogens with one attached hydrogen (secondary N) is 1. The normalized spacial score (nSPS) is 10.0. The smallest absolute Gasteiger partial charge is 0.344 e. The molecule has 1 amide bonds. The van der Waals surface area contributed by atoms with E-state index >= 15 is 0 Å². The number of carbonyl (C=O) groups is 3. The van der Waals surface area contributed by atoms with Crippen molar-refractivity contribution in [1.82, 2.24) is 0 Å². The second-order valence-electron chi connectivity index (χ2n) is 5.40. The fourth-order valence-electron chi connectivity index (χ4n) is 2.03. The summed E-state index contributed by atoms with van der Waals surface area (Å²) in [6.45, 7) is 2.65. The molecule has 0 saturated heterocycles. The van der Waals surface area contributed by atoms with Gasteiger partial charge in [0, 0.05) is 11.3 Å². The van der Waals surface area contributed by atoms with Crippen molar-refractivity contribution >= 4 is 23.3 Å². The van der Waals surface area contributed by atoms with Crippen LogP contribution in [0.5, 0.6) is 5.75 Å². The van der Waals surface area contributed by atoms with Crippen molar-refractivity contribution in [2.24, 2.45) is 0 Å². The fourth-order valence-corrected chi connectivity index (χ4v) is 2.03. The van der Waals surface area contributed by atoms with Crippen LogP contribution in [0.2, 0.25) is 0 Å². The number of carbonyl (C=O) groups excluding carboxylic acids is 3. The lowest BCUT2D eigenvalue weighted by Crippen LogP contribution is -2.23. The van der Waals surface area contributed by atoms with Crippen LogP contribution in [0.25, 0.3) is 0 Å². The van der Waals surface area contributed by atoms with Gasteiger partial charge in [-0.1, -0.05) is 18.2 Å². The lowest BCUT2D eigenvalue weighted by atomic mass is 10.1. The van der Waals surface area contributed by atoms with Crippen molar-refractivity contribution in [2.75, 3.05) is 18.5 Å². The number of amides is 1. The van der Waals surface area contributed by atoms with E-state index in [9.17, 15) is 14.4 Å². The van der Waals surface area contributed by atoms with Crippen molar-refractivity contribution in [3.8, 4) is 5.75 Å². The maximum absolute atomic E-state index is 11.8. The molecule has 2 aromatic rings. The van der Waals surface area contributed by atoms with Crippen LogP contribution in [0.4, 0.5) is 5.69 Å². The molecule has 130 valence electrons. The fraction of sp³-hybridized carbons (Fsp3) is 0.211. The van der Waals surface area contributed by atoms with E-state index in [2.05, 4.69) is 5.32 Å². The molecule has 0 atom stereocenters. The monoisotopic (exact) mass is 341 g/mol. The lowest BCUT2D eigenvalue weighted by Gasteiger charge is -2.09. The van der Waals surface area contributed by atoms with E-state index in [0.29, 0.717) is 17.0 Å². The molecule has 2 rings (SSSR count). The molecule has 25 heavy (non-hydrogen) atoms. The number of hydrogen-bond acceptors (Lipinski definition) is 5. The van der Waals surface area contributed by atoms with Crippen LogP contribution in [-0.2, 0) is 14.3 Å². The van der Waals surface area contributed by atoms with Gasteiger partial charge in [-0.25, -0.2) is 4.79 Å². The average molecular weight is 341 g/mol. The van der Waals surface area contributed by atoms with Gasteiger partial charge in [0.15, 0.2) is 19.0 Å². The van der Waals surface area contributed by atoms with Crippen molar-refractivity contribution in [3.63, 3.8) is 0 Å². The van der Waals surface area contributed by atoms with Gasteiger partial charge >= 0.3 is 5.97 Å². The number of Topliss-reactive ketones (excluding diaryl/α,β-unsaturated/α-hetero) is 1. The Morgan fingerprint density at radius 3 is 2.28 bits per heavy atom. The standard InChI is InChI=1S/C19H19NO5/c1-13-5-3-4-6-17(13)24-12-19(23)25-11-18(22)20-16-9-7-15(8-10-16)14(2)21/h3-10H,11-12H2,1-2H3,(H,20,22). The van der Waals surface area contributed by atoms with Crippen LogP contribution in [-0.4, -0.2) is 30.9 Å². The molecule has 0 fully saturated rings. The quantitative estimate of drug-likeness (QED) is 0.618. The first-order valence-corrected chi connectivity index (χ1v) is 7.70. The molecule has 0 spiro atoms. The van der Waals surface area contributed by atoms with E-state index in [4.69, 9.17) is 9.47 Å². The van der Waals surface area contributed by atoms with E-state index in [0.717, 1.165) is 5.56 Å². The summed E-state index contributed by atoms with van der Waals surface area (Å²) in [5.74, 6) is -0.569. The Bertz CT molecular complexity index is 768. The summed E-state index contributed by atoms with van der Waals surface area (Å²) in [6.07, 6.45) is 0. The number of ether oxygens (including phenoxy) is 2. The second-order valence-corrected chi connectivity index (χ2v) is 5.40. The predicted molar refractivity (Wildman–Crippen MR) is 92.7 cm³/mol. The lowest BCUT2D eigenvalue weighted by molar-refractivity contribution is -0.149. The van der Waals surface area contributed by atoms with Crippen molar-refractivity contribution < 1.29 is 23.9 Å². The average Bonchev–Trinajstić information content (AvgIpc) is 2.59. The third kappa shape index (κ3) is 5.76. The third-order valence-corrected chi connectivity index (χ3v) is 3.38. The maximum atomic E-state index is 11.8. The number of anilines is 1. The van der Waals surface area contributed by atoms with E-state index < -0.39 is 18.5 Å². The molecule has 0 saturated carbocycles. The van der Waals surface area contributed by atoms with E-state index in [-0.39, 0.29) is 12.4 Å². The van der Waals surface area contributed by atoms with E-state index in [1.807, 2.05) is 19.1 Å². The summed E-state index contributed by atoms with van der Waals surface area (Å²) in [5.41, 5.74) is 1.97. The zero-order valence-electron chi connectivity index (χ0n) is 14.1. The van der Waals surface area contributed by atoms with E-state index in [1.54, 1.807) is 36.4 Å². The van der Waals surface area contributed by atoms with Gasteiger partial charge in [-0.15, -0.1) is 0 Å². The Hall–Kier alpha value is -3.15. The highest BCUT2D eigenvalue weighted by atomic mass is 16.6. The van der Waals surface area contributed by atoms with E-state index in [1.165, 1.54) is 6.92 Å². The molecule has 6 heteroatoms. The van der Waals surface area contributed by atoms with Crippen LogP contribution in [0, 0.1) is 6.92 Å². The molecule has 0 bridgehead atoms. The molecule has 0 aliphatic heterocycles. The maximum Gasteiger partial charge on any atom is 0.344 e. The first-order valence-electron chi connectivity index (χ1n) is 7.70. The van der Waals surface area contributed by atoms with Crippen LogP contribution >= 0.6 is 0 Å². The number of benzene rings is 2. The Balaban J connectivity index is 1.74. The molecular weight excluding hydrogens is 322 g/mol. The summed E-state index contributed by atoms with van der Waals surface area (Å²) in [7, 11) is 0. The number of hydrogen-bond donors (Lipinski definition) is 1. The zero-order valence-corrected chi connectivity index (χ0v) is 14.1. The molecule has 2 aromatic carbocycles. The SMILES string of the molecule is CC(=O)c1ccc(NC(=O)COC(=O)COc2ccccc2C)cc1. The highest BCUT2D eigenvalue weighted by Gasteiger charge is 2.10. The van der Waals surface area contributed by atoms with Crippen LogP contribution in [0.1, 0.15) is 22.8 Å². The summed E-state index contributed by atoms with van der Waals surface area (Å²) in [4.78, 5) is 34.6. The second kappa shape index (κ2) is 8.63. The molecule has 0 aromatic heterocycles. The molecule has 0 aliphatic rings. The number of ketones is 1. The number of para-hydroxylation sites is 1. The first kappa shape index (κ1) is 18.2. The van der Waals surface area contributed by atoms with Gasteiger partial charge < -0.3 is 14.8 Å². The van der Waals surface area contributed by atoms with Crippen molar-refractivity contribution in [1.29, 1.82) is 0 Å². The summed E-state index contributed by atoms with van der Waals surface area (Å²) in [5, 5.41) is 2.58. The number of esters is 1. The Morgan fingerprint density at radius 1 is 0.960 bits per heavy atom.